The van der Waals surface area contributed by atoms with E-state index in [9.17, 15) is 4.79 Å². The molecule has 1 aromatic carbocycles. The number of methoxy groups -OCH3 is 1. The van der Waals surface area contributed by atoms with E-state index >= 15 is 0 Å². The van der Waals surface area contributed by atoms with Crippen LogP contribution in [0.3, 0.4) is 0 Å². The summed E-state index contributed by atoms with van der Waals surface area (Å²) in [6, 6.07) is 14.9. The van der Waals surface area contributed by atoms with E-state index in [-0.39, 0.29) is 5.91 Å². The number of hydrogen-bond donors (Lipinski definition) is 2. The molecule has 0 aliphatic carbocycles. The normalized spacial score (nSPS) is 10.2. The van der Waals surface area contributed by atoms with E-state index < -0.39 is 0 Å². The Morgan fingerprint density at radius 3 is 2.62 bits per heavy atom. The maximum atomic E-state index is 12.2. The molecule has 3 aromatic rings. The van der Waals surface area contributed by atoms with Crippen LogP contribution in [0, 0.1) is 0 Å². The molecule has 0 saturated heterocycles. The molecule has 132 valence electrons. The minimum atomic E-state index is -0.273. The quantitative estimate of drug-likeness (QED) is 0.681. The average molecular weight is 349 g/mol. The summed E-state index contributed by atoms with van der Waals surface area (Å²) < 4.78 is 5.14. The standard InChI is InChI=1S/C19H19N5O2/c1-26-16-7-5-14(6-8-16)11-21-18-10-17(23-13-24-18)19(25)22-12-15-4-2-3-9-20-15/h2-10,13H,11-12H2,1H3,(H,22,25)(H,21,23,24). The number of carbonyl (C=O) groups excluding carboxylic acids is 1. The molecule has 0 unspecified atom stereocenters. The summed E-state index contributed by atoms with van der Waals surface area (Å²) >= 11 is 0. The summed E-state index contributed by atoms with van der Waals surface area (Å²) in [7, 11) is 1.63. The van der Waals surface area contributed by atoms with Crippen LogP contribution in [0.5, 0.6) is 5.75 Å². The Balaban J connectivity index is 1.57. The van der Waals surface area contributed by atoms with Crippen molar-refractivity contribution in [1.82, 2.24) is 20.3 Å². The number of carbonyl (C=O) groups is 1. The van der Waals surface area contributed by atoms with E-state index in [1.54, 1.807) is 19.4 Å². The topological polar surface area (TPSA) is 89.0 Å². The fourth-order valence-electron chi connectivity index (χ4n) is 2.28. The monoisotopic (exact) mass is 349 g/mol. The number of pyridine rings is 1. The number of aromatic nitrogens is 3. The van der Waals surface area contributed by atoms with E-state index in [0.29, 0.717) is 24.6 Å². The molecular weight excluding hydrogens is 330 g/mol. The average Bonchev–Trinajstić information content (AvgIpc) is 2.72. The summed E-state index contributed by atoms with van der Waals surface area (Å²) in [6.45, 7) is 0.925. The molecule has 7 nitrogen and oxygen atoms in total. The van der Waals surface area contributed by atoms with Crippen molar-refractivity contribution < 1.29 is 9.53 Å². The molecule has 0 aliphatic heterocycles. The number of ether oxygens (including phenoxy) is 1. The van der Waals surface area contributed by atoms with Crippen molar-refractivity contribution in [3.8, 4) is 5.75 Å². The highest BCUT2D eigenvalue weighted by Gasteiger charge is 2.09. The van der Waals surface area contributed by atoms with Crippen molar-refractivity contribution in [3.63, 3.8) is 0 Å². The van der Waals surface area contributed by atoms with Crippen molar-refractivity contribution in [3.05, 3.63) is 78.0 Å². The summed E-state index contributed by atoms with van der Waals surface area (Å²) in [6.07, 6.45) is 3.05. The molecule has 2 heterocycles. The Labute approximate surface area is 151 Å². The lowest BCUT2D eigenvalue weighted by atomic mass is 10.2. The maximum absolute atomic E-state index is 12.2. The van der Waals surface area contributed by atoms with E-state index in [4.69, 9.17) is 4.74 Å². The lowest BCUT2D eigenvalue weighted by molar-refractivity contribution is 0.0945. The van der Waals surface area contributed by atoms with Gasteiger partial charge in [-0.3, -0.25) is 9.78 Å². The number of nitrogens with zero attached hydrogens (tertiary/aromatic N) is 3. The zero-order chi connectivity index (χ0) is 18.2. The van der Waals surface area contributed by atoms with Crippen LogP contribution in [0.15, 0.2) is 61.1 Å². The molecule has 0 spiro atoms. The Kier molecular flexibility index (Phi) is 5.72. The highest BCUT2D eigenvalue weighted by atomic mass is 16.5. The van der Waals surface area contributed by atoms with Gasteiger partial charge in [0.05, 0.1) is 19.3 Å². The van der Waals surface area contributed by atoms with Gasteiger partial charge in [0.1, 0.15) is 23.6 Å². The third-order valence-electron chi connectivity index (χ3n) is 3.69. The Hall–Kier alpha value is -3.48. The van der Waals surface area contributed by atoms with Gasteiger partial charge in [-0.25, -0.2) is 9.97 Å². The number of benzene rings is 1. The smallest absolute Gasteiger partial charge is 0.270 e. The minimum Gasteiger partial charge on any atom is -0.497 e. The summed E-state index contributed by atoms with van der Waals surface area (Å²) in [5.41, 5.74) is 2.16. The number of amides is 1. The van der Waals surface area contributed by atoms with Gasteiger partial charge in [-0.05, 0) is 29.8 Å². The van der Waals surface area contributed by atoms with E-state index in [0.717, 1.165) is 17.0 Å². The summed E-state index contributed by atoms with van der Waals surface area (Å²) in [5, 5.41) is 5.98. The van der Waals surface area contributed by atoms with Crippen LogP contribution >= 0.6 is 0 Å². The fourth-order valence-corrected chi connectivity index (χ4v) is 2.28. The van der Waals surface area contributed by atoms with Gasteiger partial charge in [-0.15, -0.1) is 0 Å². The Morgan fingerprint density at radius 1 is 1.04 bits per heavy atom. The van der Waals surface area contributed by atoms with Crippen LogP contribution < -0.4 is 15.4 Å². The lowest BCUT2D eigenvalue weighted by Crippen LogP contribution is -2.24. The van der Waals surface area contributed by atoms with Crippen LogP contribution in [0.25, 0.3) is 0 Å². The molecular formula is C19H19N5O2. The van der Waals surface area contributed by atoms with Crippen LogP contribution in [-0.2, 0) is 13.1 Å². The molecule has 0 bridgehead atoms. The van der Waals surface area contributed by atoms with E-state index in [1.165, 1.54) is 6.33 Å². The Bertz CT molecular complexity index is 853. The predicted octanol–water partition coefficient (Wildman–Crippen LogP) is 2.42. The van der Waals surface area contributed by atoms with Crippen LogP contribution in [-0.4, -0.2) is 28.0 Å². The van der Waals surface area contributed by atoms with Gasteiger partial charge in [-0.2, -0.15) is 0 Å². The number of hydrogen-bond acceptors (Lipinski definition) is 6. The predicted molar refractivity (Wildman–Crippen MR) is 97.8 cm³/mol. The first-order valence-electron chi connectivity index (χ1n) is 8.11. The number of anilines is 1. The van der Waals surface area contributed by atoms with Gasteiger partial charge in [0.15, 0.2) is 0 Å². The molecule has 0 atom stereocenters. The second-order valence-corrected chi connectivity index (χ2v) is 5.49. The van der Waals surface area contributed by atoms with Crippen molar-refractivity contribution in [1.29, 1.82) is 0 Å². The third-order valence-corrected chi connectivity index (χ3v) is 3.69. The maximum Gasteiger partial charge on any atom is 0.270 e. The van der Waals surface area contributed by atoms with Crippen LogP contribution in [0.2, 0.25) is 0 Å². The van der Waals surface area contributed by atoms with Crippen molar-refractivity contribution in [2.24, 2.45) is 0 Å². The molecule has 3 rings (SSSR count). The van der Waals surface area contributed by atoms with Crippen LogP contribution in [0.4, 0.5) is 5.82 Å². The molecule has 2 aromatic heterocycles. The Morgan fingerprint density at radius 2 is 1.88 bits per heavy atom. The first kappa shape index (κ1) is 17.3. The first-order chi connectivity index (χ1) is 12.7. The van der Waals surface area contributed by atoms with Crippen molar-refractivity contribution in [2.45, 2.75) is 13.1 Å². The third kappa shape index (κ3) is 4.76. The number of nitrogens with one attached hydrogen (secondary N) is 2. The van der Waals surface area contributed by atoms with Gasteiger partial charge in [0.25, 0.3) is 5.91 Å². The molecule has 26 heavy (non-hydrogen) atoms. The van der Waals surface area contributed by atoms with Gasteiger partial charge in [-0.1, -0.05) is 18.2 Å². The molecule has 0 aliphatic rings. The lowest BCUT2D eigenvalue weighted by Gasteiger charge is -2.08. The SMILES string of the molecule is COc1ccc(CNc2cc(C(=O)NCc3ccccn3)ncn2)cc1. The van der Waals surface area contributed by atoms with Gasteiger partial charge >= 0.3 is 0 Å². The van der Waals surface area contributed by atoms with E-state index in [1.807, 2.05) is 42.5 Å². The van der Waals surface area contributed by atoms with Gasteiger partial charge in [0.2, 0.25) is 0 Å². The van der Waals surface area contributed by atoms with Gasteiger partial charge in [0, 0.05) is 18.8 Å². The van der Waals surface area contributed by atoms with E-state index in [2.05, 4.69) is 25.6 Å². The highest BCUT2D eigenvalue weighted by molar-refractivity contribution is 5.92. The largest absolute Gasteiger partial charge is 0.497 e. The molecule has 0 fully saturated rings. The second-order valence-electron chi connectivity index (χ2n) is 5.49. The highest BCUT2D eigenvalue weighted by Crippen LogP contribution is 2.13. The number of rotatable bonds is 7. The molecule has 0 saturated carbocycles. The fraction of sp³-hybridized carbons (Fsp3) is 0.158. The molecule has 2 N–H and O–H groups in total. The summed E-state index contributed by atoms with van der Waals surface area (Å²) in [4.78, 5) is 24.6. The van der Waals surface area contributed by atoms with Crippen LogP contribution in [0.1, 0.15) is 21.7 Å². The van der Waals surface area contributed by atoms with Gasteiger partial charge < -0.3 is 15.4 Å². The van der Waals surface area contributed by atoms with Crippen molar-refractivity contribution >= 4 is 11.7 Å². The zero-order valence-corrected chi connectivity index (χ0v) is 14.3. The second kappa shape index (κ2) is 8.57. The molecule has 1 amide bonds. The first-order valence-corrected chi connectivity index (χ1v) is 8.11. The molecule has 0 radical (unpaired) electrons. The minimum absolute atomic E-state index is 0.273. The summed E-state index contributed by atoms with van der Waals surface area (Å²) in [5.74, 6) is 1.12. The molecule has 7 heteroatoms. The zero-order valence-electron chi connectivity index (χ0n) is 14.3. The van der Waals surface area contributed by atoms with Crippen molar-refractivity contribution in [2.75, 3.05) is 12.4 Å².